The molecule has 1 fully saturated rings. The Hall–Kier alpha value is -2.41. The number of aromatic nitrogens is 3. The number of amides is 2. The van der Waals surface area contributed by atoms with Crippen LogP contribution in [-0.4, -0.2) is 51.5 Å². The van der Waals surface area contributed by atoms with Gasteiger partial charge < -0.3 is 15.0 Å². The number of hydrogen-bond acceptors (Lipinski definition) is 4. The van der Waals surface area contributed by atoms with Crippen LogP contribution in [-0.2, 0) is 11.3 Å². The second kappa shape index (κ2) is 6.57. The first-order chi connectivity index (χ1) is 10.7. The molecule has 2 aromatic rings. The topological polar surface area (TPSA) is 72.3 Å². The van der Waals surface area contributed by atoms with Gasteiger partial charge in [-0.05, 0) is 19.1 Å². The maximum Gasteiger partial charge on any atom is 0.317 e. The van der Waals surface area contributed by atoms with Crippen LogP contribution in [0.3, 0.4) is 0 Å². The molecule has 0 saturated carbocycles. The molecule has 1 aromatic heterocycles. The zero-order valence-electron chi connectivity index (χ0n) is 12.5. The highest BCUT2D eigenvalue weighted by atomic mass is 16.5. The number of rotatable bonds is 3. The molecule has 0 radical (unpaired) electrons. The zero-order chi connectivity index (χ0) is 15.4. The lowest BCUT2D eigenvalue weighted by Crippen LogP contribution is -2.48. The third-order valence-electron chi connectivity index (χ3n) is 3.58. The van der Waals surface area contributed by atoms with E-state index in [1.54, 1.807) is 11.2 Å². The van der Waals surface area contributed by atoms with Gasteiger partial charge in [0.1, 0.15) is 6.33 Å². The summed E-state index contributed by atoms with van der Waals surface area (Å²) in [4.78, 5) is 13.9. The first-order valence-corrected chi connectivity index (χ1v) is 7.33. The van der Waals surface area contributed by atoms with Gasteiger partial charge in [-0.25, -0.2) is 4.79 Å². The third kappa shape index (κ3) is 3.25. The van der Waals surface area contributed by atoms with Crippen LogP contribution in [0.2, 0.25) is 0 Å². The molecule has 1 aliphatic rings. The molecule has 7 nitrogen and oxygen atoms in total. The Kier molecular flexibility index (Phi) is 4.34. The molecule has 0 unspecified atom stereocenters. The number of para-hydroxylation sites is 1. The summed E-state index contributed by atoms with van der Waals surface area (Å²) in [5.41, 5.74) is 0.969. The van der Waals surface area contributed by atoms with Gasteiger partial charge in [0, 0.05) is 18.8 Å². The lowest BCUT2D eigenvalue weighted by atomic mass is 10.3. The number of morpholine rings is 1. The van der Waals surface area contributed by atoms with Gasteiger partial charge in [0.25, 0.3) is 0 Å². The number of carbonyl (C=O) groups excluding carboxylic acids is 1. The summed E-state index contributed by atoms with van der Waals surface area (Å²) in [5.74, 6) is 0.695. The van der Waals surface area contributed by atoms with E-state index >= 15 is 0 Å². The number of ether oxygens (including phenoxy) is 1. The minimum absolute atomic E-state index is 0.0764. The molecule has 1 N–H and O–H groups in total. The number of nitrogens with one attached hydrogen (secondary N) is 1. The monoisotopic (exact) mass is 301 g/mol. The second-order valence-electron chi connectivity index (χ2n) is 5.24. The van der Waals surface area contributed by atoms with Crippen molar-refractivity contribution in [3.63, 3.8) is 0 Å². The lowest BCUT2D eigenvalue weighted by molar-refractivity contribution is -0.00354. The molecular weight excluding hydrogens is 282 g/mol. The van der Waals surface area contributed by atoms with E-state index in [0.717, 1.165) is 5.69 Å². The molecule has 0 bridgehead atoms. The summed E-state index contributed by atoms with van der Waals surface area (Å²) in [6.45, 7) is 4.10. The summed E-state index contributed by atoms with van der Waals surface area (Å²) in [6.07, 6.45) is 1.72. The molecule has 3 rings (SSSR count). The van der Waals surface area contributed by atoms with E-state index in [-0.39, 0.29) is 12.1 Å². The second-order valence-corrected chi connectivity index (χ2v) is 5.24. The van der Waals surface area contributed by atoms with E-state index in [0.29, 0.717) is 32.1 Å². The zero-order valence-corrected chi connectivity index (χ0v) is 12.5. The van der Waals surface area contributed by atoms with Crippen molar-refractivity contribution in [3.05, 3.63) is 42.5 Å². The van der Waals surface area contributed by atoms with E-state index in [4.69, 9.17) is 4.74 Å². The highest BCUT2D eigenvalue weighted by molar-refractivity contribution is 5.74. The standard InChI is InChI=1S/C15H19N5O2/c1-12-10-19(7-8-22-12)15(21)16-9-14-18-17-11-20(14)13-5-3-2-4-6-13/h2-6,11-12H,7-10H2,1H3,(H,16,21)/t12-/m0/s1. The fourth-order valence-electron chi connectivity index (χ4n) is 2.45. The Labute approximate surface area is 128 Å². The average Bonchev–Trinajstić information content (AvgIpc) is 3.02. The Balaban J connectivity index is 1.63. The van der Waals surface area contributed by atoms with Gasteiger partial charge >= 0.3 is 6.03 Å². The Morgan fingerprint density at radius 1 is 1.41 bits per heavy atom. The summed E-state index contributed by atoms with van der Waals surface area (Å²) < 4.78 is 7.30. The summed E-state index contributed by atoms with van der Waals surface area (Å²) in [5, 5.41) is 10.9. The van der Waals surface area contributed by atoms with Crippen LogP contribution in [0.4, 0.5) is 4.79 Å². The number of nitrogens with zero attached hydrogens (tertiary/aromatic N) is 4. The van der Waals surface area contributed by atoms with Crippen molar-refractivity contribution in [2.45, 2.75) is 19.6 Å². The Bertz CT molecular complexity index is 628. The molecule has 0 spiro atoms. The van der Waals surface area contributed by atoms with Crippen LogP contribution < -0.4 is 5.32 Å². The van der Waals surface area contributed by atoms with E-state index in [2.05, 4.69) is 15.5 Å². The van der Waals surface area contributed by atoms with Crippen molar-refractivity contribution < 1.29 is 9.53 Å². The predicted molar refractivity (Wildman–Crippen MR) is 80.6 cm³/mol. The maximum absolute atomic E-state index is 12.2. The quantitative estimate of drug-likeness (QED) is 0.924. The molecule has 116 valence electrons. The van der Waals surface area contributed by atoms with E-state index in [9.17, 15) is 4.79 Å². The highest BCUT2D eigenvalue weighted by Crippen LogP contribution is 2.09. The fourth-order valence-corrected chi connectivity index (χ4v) is 2.45. The van der Waals surface area contributed by atoms with Gasteiger partial charge in [-0.1, -0.05) is 18.2 Å². The fraction of sp³-hybridized carbons (Fsp3) is 0.400. The summed E-state index contributed by atoms with van der Waals surface area (Å²) in [7, 11) is 0. The normalized spacial score (nSPS) is 18.2. The van der Waals surface area contributed by atoms with E-state index in [1.165, 1.54) is 0 Å². The van der Waals surface area contributed by atoms with Crippen molar-refractivity contribution in [1.29, 1.82) is 0 Å². The largest absolute Gasteiger partial charge is 0.375 e. The number of benzene rings is 1. The van der Waals surface area contributed by atoms with Gasteiger partial charge in [-0.2, -0.15) is 0 Å². The van der Waals surface area contributed by atoms with Crippen molar-refractivity contribution in [1.82, 2.24) is 25.0 Å². The highest BCUT2D eigenvalue weighted by Gasteiger charge is 2.21. The SMILES string of the molecule is C[C@H]1CN(C(=O)NCc2nncn2-c2ccccc2)CCO1. The predicted octanol–water partition coefficient (Wildman–Crippen LogP) is 1.20. The van der Waals surface area contributed by atoms with Crippen LogP contribution in [0.1, 0.15) is 12.7 Å². The summed E-state index contributed by atoms with van der Waals surface area (Å²) >= 11 is 0. The van der Waals surface area contributed by atoms with Crippen molar-refractivity contribution in [2.75, 3.05) is 19.7 Å². The molecule has 22 heavy (non-hydrogen) atoms. The minimum atomic E-state index is -0.0993. The van der Waals surface area contributed by atoms with Crippen molar-refractivity contribution in [3.8, 4) is 5.69 Å². The van der Waals surface area contributed by atoms with E-state index in [1.807, 2.05) is 41.8 Å². The van der Waals surface area contributed by atoms with E-state index < -0.39 is 0 Å². The molecular formula is C15H19N5O2. The van der Waals surface area contributed by atoms with Gasteiger partial charge in [0.15, 0.2) is 5.82 Å². The van der Waals surface area contributed by atoms with Crippen LogP contribution in [0.15, 0.2) is 36.7 Å². The van der Waals surface area contributed by atoms with Crippen LogP contribution in [0.5, 0.6) is 0 Å². The van der Waals surface area contributed by atoms with Gasteiger partial charge in [-0.3, -0.25) is 4.57 Å². The molecule has 7 heteroatoms. The van der Waals surface area contributed by atoms with Crippen LogP contribution in [0, 0.1) is 0 Å². The first kappa shape index (κ1) is 14.5. The molecule has 2 heterocycles. The van der Waals surface area contributed by atoms with Gasteiger partial charge in [-0.15, -0.1) is 10.2 Å². The number of carbonyl (C=O) groups is 1. The minimum Gasteiger partial charge on any atom is -0.375 e. The van der Waals surface area contributed by atoms with Crippen LogP contribution in [0.25, 0.3) is 5.69 Å². The van der Waals surface area contributed by atoms with Crippen molar-refractivity contribution in [2.24, 2.45) is 0 Å². The van der Waals surface area contributed by atoms with Crippen molar-refractivity contribution >= 4 is 6.03 Å². The average molecular weight is 301 g/mol. The number of urea groups is 1. The molecule has 1 atom stereocenters. The lowest BCUT2D eigenvalue weighted by Gasteiger charge is -2.31. The maximum atomic E-state index is 12.2. The Morgan fingerprint density at radius 3 is 3.00 bits per heavy atom. The number of hydrogen-bond donors (Lipinski definition) is 1. The molecule has 1 aromatic carbocycles. The molecule has 2 amide bonds. The molecule has 1 saturated heterocycles. The van der Waals surface area contributed by atoms with Gasteiger partial charge in [0.05, 0.1) is 19.3 Å². The smallest absolute Gasteiger partial charge is 0.317 e. The third-order valence-corrected chi connectivity index (χ3v) is 3.58. The van der Waals surface area contributed by atoms with Gasteiger partial charge in [0.2, 0.25) is 0 Å². The molecule has 0 aliphatic carbocycles. The first-order valence-electron chi connectivity index (χ1n) is 7.33. The molecule has 1 aliphatic heterocycles. The Morgan fingerprint density at radius 2 is 2.23 bits per heavy atom. The summed E-state index contributed by atoms with van der Waals surface area (Å²) in [6, 6.07) is 9.70. The van der Waals surface area contributed by atoms with Crippen LogP contribution >= 0.6 is 0 Å².